The van der Waals surface area contributed by atoms with E-state index in [1.54, 1.807) is 0 Å². The molecule has 2 radical (unpaired) electrons. The summed E-state index contributed by atoms with van der Waals surface area (Å²) in [5, 5.41) is 0. The number of carbonyl (C=O) groups excluding carboxylic acids is 1. The first-order chi connectivity index (χ1) is 5.72. The first kappa shape index (κ1) is 9.97. The third kappa shape index (κ3) is 2.19. The molecule has 0 bridgehead atoms. The second-order valence-corrected chi connectivity index (χ2v) is 3.11. The van der Waals surface area contributed by atoms with Crippen LogP contribution in [0.1, 0.15) is 12.8 Å². The average Bonchev–Trinajstić information content (AvgIpc) is 2.34. The number of ether oxygens (including phenoxy) is 1. The average molecular weight is 188 g/mol. The van der Waals surface area contributed by atoms with Crippen LogP contribution in [0.15, 0.2) is 0 Å². The molecule has 4 nitrogen and oxygen atoms in total. The molecule has 0 aromatic carbocycles. The highest BCUT2D eigenvalue weighted by atomic mass is 31.0. The lowest BCUT2D eigenvalue weighted by atomic mass is 10.0. The van der Waals surface area contributed by atoms with E-state index < -0.39 is 5.60 Å². The molecule has 0 aromatic rings. The van der Waals surface area contributed by atoms with Gasteiger partial charge in [-0.2, -0.15) is 0 Å². The zero-order valence-corrected chi connectivity index (χ0v) is 7.77. The van der Waals surface area contributed by atoms with E-state index in [4.69, 9.17) is 17.3 Å². The zero-order chi connectivity index (χ0) is 9.03. The molecule has 1 aliphatic rings. The van der Waals surface area contributed by atoms with E-state index in [0.29, 0.717) is 19.4 Å². The summed E-state index contributed by atoms with van der Waals surface area (Å²) >= 11 is 0. The second kappa shape index (κ2) is 4.22. The third-order valence-electron chi connectivity index (χ3n) is 1.81. The number of hydrogen-bond acceptors (Lipinski definition) is 4. The highest BCUT2D eigenvalue weighted by Crippen LogP contribution is 2.27. The third-order valence-corrected chi connectivity index (χ3v) is 1.97. The van der Waals surface area contributed by atoms with Gasteiger partial charge in [0.05, 0.1) is 13.2 Å². The molecular weight excluding hydrogens is 178 g/mol. The predicted octanol–water partition coefficient (Wildman–Crippen LogP) is -0.0310. The first-order valence-corrected chi connectivity index (χ1v) is 4.05. The Kier molecular flexibility index (Phi) is 3.50. The summed E-state index contributed by atoms with van der Waals surface area (Å²) in [6.07, 6.45) is 0.995. The maximum atomic E-state index is 10.8. The molecule has 2 unspecified atom stereocenters. The molecule has 0 aliphatic carbocycles. The van der Waals surface area contributed by atoms with Gasteiger partial charge in [0.2, 0.25) is 0 Å². The molecule has 6 heteroatoms. The first-order valence-electron chi connectivity index (χ1n) is 3.58. The molecule has 0 N–H and O–H groups in total. The largest absolute Gasteiger partial charge is 0.454 e. The fraction of sp³-hybridized carbons (Fsp3) is 0.833. The van der Waals surface area contributed by atoms with Crippen LogP contribution in [0.25, 0.3) is 0 Å². The van der Waals surface area contributed by atoms with Crippen LogP contribution in [-0.2, 0) is 18.7 Å². The highest BCUT2D eigenvalue weighted by molar-refractivity contribution is 7.09. The van der Waals surface area contributed by atoms with Gasteiger partial charge in [-0.1, -0.05) is 0 Å². The lowest BCUT2D eigenvalue weighted by Crippen LogP contribution is -2.38. The van der Waals surface area contributed by atoms with Crippen LogP contribution in [-0.4, -0.2) is 32.8 Å². The van der Waals surface area contributed by atoms with Gasteiger partial charge in [0, 0.05) is 22.3 Å². The minimum atomic E-state index is -0.673. The van der Waals surface area contributed by atoms with Gasteiger partial charge in [-0.3, -0.25) is 4.79 Å². The Labute approximate surface area is 74.7 Å². The molecule has 12 heavy (non-hydrogen) atoms. The van der Waals surface area contributed by atoms with Crippen molar-refractivity contribution in [3.63, 3.8) is 0 Å². The summed E-state index contributed by atoms with van der Waals surface area (Å²) in [5.74, 6) is -0.228. The molecule has 1 heterocycles. The van der Waals surface area contributed by atoms with Gasteiger partial charge < -0.3 is 13.9 Å². The fourth-order valence-electron chi connectivity index (χ4n) is 1.22. The van der Waals surface area contributed by atoms with Crippen LogP contribution in [0.4, 0.5) is 0 Å². The van der Waals surface area contributed by atoms with Crippen molar-refractivity contribution in [1.29, 1.82) is 0 Å². The minimum Gasteiger partial charge on any atom is -0.454 e. The summed E-state index contributed by atoms with van der Waals surface area (Å²) < 4.78 is 14.3. The van der Waals surface area contributed by atoms with E-state index >= 15 is 0 Å². The lowest BCUT2D eigenvalue weighted by molar-refractivity contribution is -0.153. The fourth-order valence-corrected chi connectivity index (χ4v) is 1.53. The van der Waals surface area contributed by atoms with Crippen molar-refractivity contribution in [3.05, 3.63) is 0 Å². The SMILES string of the molecule is [B]OCC1(COP)CCC(=O)O1. The molecule has 1 aliphatic heterocycles. The molecule has 0 spiro atoms. The number of rotatable bonds is 4. The van der Waals surface area contributed by atoms with Crippen molar-refractivity contribution in [3.8, 4) is 0 Å². The van der Waals surface area contributed by atoms with Gasteiger partial charge in [0.25, 0.3) is 8.05 Å². The van der Waals surface area contributed by atoms with Gasteiger partial charge in [-0.05, 0) is 0 Å². The van der Waals surface area contributed by atoms with Gasteiger partial charge in [-0.25, -0.2) is 0 Å². The van der Waals surface area contributed by atoms with E-state index in [0.717, 1.165) is 0 Å². The van der Waals surface area contributed by atoms with Crippen molar-refractivity contribution in [2.75, 3.05) is 13.2 Å². The monoisotopic (exact) mass is 188 g/mol. The topological polar surface area (TPSA) is 44.8 Å². The van der Waals surface area contributed by atoms with Crippen molar-refractivity contribution in [2.45, 2.75) is 18.4 Å². The summed E-state index contributed by atoms with van der Waals surface area (Å²) in [6, 6.07) is 0. The number of carbonyl (C=O) groups is 1. The van der Waals surface area contributed by atoms with Crippen LogP contribution in [0, 0.1) is 0 Å². The van der Waals surface area contributed by atoms with Gasteiger partial charge in [0.1, 0.15) is 0 Å². The van der Waals surface area contributed by atoms with Gasteiger partial charge >= 0.3 is 5.97 Å². The predicted molar refractivity (Wildman–Crippen MR) is 45.4 cm³/mol. The standard InChI is InChI=1S/C6H10BO4P/c7-9-3-6(4-10-12)2-1-5(8)11-6/h1-4,12H2. The lowest BCUT2D eigenvalue weighted by Gasteiger charge is -2.25. The smallest absolute Gasteiger partial charge is 0.306 e. The molecule has 0 aromatic heterocycles. The number of hydrogen-bond donors (Lipinski definition) is 0. The van der Waals surface area contributed by atoms with Crippen LogP contribution >= 0.6 is 9.47 Å². The maximum Gasteiger partial charge on any atom is 0.306 e. The highest BCUT2D eigenvalue weighted by Gasteiger charge is 2.40. The quantitative estimate of drug-likeness (QED) is 0.353. The Morgan fingerprint density at radius 2 is 2.42 bits per heavy atom. The van der Waals surface area contributed by atoms with Crippen LogP contribution in [0.2, 0.25) is 0 Å². The van der Waals surface area contributed by atoms with Crippen LogP contribution < -0.4 is 0 Å². The molecule has 0 saturated carbocycles. The summed E-state index contributed by atoms with van der Waals surface area (Å²) in [5.41, 5.74) is -0.673. The van der Waals surface area contributed by atoms with E-state index in [2.05, 4.69) is 14.1 Å². The molecule has 1 rings (SSSR count). The number of cyclic esters (lactones) is 1. The summed E-state index contributed by atoms with van der Waals surface area (Å²) in [7, 11) is 7.02. The van der Waals surface area contributed by atoms with E-state index in [9.17, 15) is 4.79 Å². The Hall–Kier alpha value is -0.115. The second-order valence-electron chi connectivity index (χ2n) is 2.78. The number of esters is 1. The molecule has 66 valence electrons. The van der Waals surface area contributed by atoms with E-state index in [-0.39, 0.29) is 12.6 Å². The normalized spacial score (nSPS) is 28.9. The minimum absolute atomic E-state index is 0.174. The summed E-state index contributed by atoms with van der Waals surface area (Å²) in [6.45, 7) is 0.466. The van der Waals surface area contributed by atoms with Crippen molar-refractivity contribution in [1.82, 2.24) is 0 Å². The molecular formula is C6H10BO4P. The molecule has 0 amide bonds. The van der Waals surface area contributed by atoms with E-state index in [1.807, 2.05) is 0 Å². The Balaban J connectivity index is 2.54. The van der Waals surface area contributed by atoms with Gasteiger partial charge in [0.15, 0.2) is 5.60 Å². The molecule has 2 atom stereocenters. The Morgan fingerprint density at radius 3 is 2.83 bits per heavy atom. The van der Waals surface area contributed by atoms with Crippen molar-refractivity contribution in [2.24, 2.45) is 0 Å². The Morgan fingerprint density at radius 1 is 1.67 bits per heavy atom. The van der Waals surface area contributed by atoms with E-state index in [1.165, 1.54) is 0 Å². The van der Waals surface area contributed by atoms with Crippen molar-refractivity contribution >= 4 is 23.5 Å². The zero-order valence-electron chi connectivity index (χ0n) is 6.62. The summed E-state index contributed by atoms with van der Waals surface area (Å²) in [4.78, 5) is 10.8. The van der Waals surface area contributed by atoms with Gasteiger partial charge in [-0.15, -0.1) is 0 Å². The van der Waals surface area contributed by atoms with Crippen LogP contribution in [0.5, 0.6) is 0 Å². The molecule has 1 saturated heterocycles. The van der Waals surface area contributed by atoms with Crippen molar-refractivity contribution < 1.29 is 18.7 Å². The Bertz CT molecular complexity index is 169. The van der Waals surface area contributed by atoms with Crippen LogP contribution in [0.3, 0.4) is 0 Å². The molecule has 1 fully saturated rings. The maximum absolute atomic E-state index is 10.8.